The number of carbonyl (C=O) groups excluding carboxylic acids is 2. The van der Waals surface area contributed by atoms with Gasteiger partial charge in [0.2, 0.25) is 0 Å². The number of carbonyl (C=O) groups is 2. The lowest BCUT2D eigenvalue weighted by atomic mass is 9.92. The summed E-state index contributed by atoms with van der Waals surface area (Å²) < 4.78 is 10.2. The van der Waals surface area contributed by atoms with Crippen molar-refractivity contribution in [1.82, 2.24) is 0 Å². The normalized spacial score (nSPS) is 11.8. The van der Waals surface area contributed by atoms with Crippen molar-refractivity contribution in [3.8, 4) is 5.75 Å². The summed E-state index contributed by atoms with van der Waals surface area (Å²) in [7, 11) is 1.52. The summed E-state index contributed by atoms with van der Waals surface area (Å²) in [5, 5.41) is 0. The van der Waals surface area contributed by atoms with Crippen LogP contribution < -0.4 is 4.74 Å². The van der Waals surface area contributed by atoms with E-state index in [1.807, 2.05) is 19.9 Å². The second-order valence-corrected chi connectivity index (χ2v) is 4.66. The van der Waals surface area contributed by atoms with Gasteiger partial charge < -0.3 is 9.47 Å². The van der Waals surface area contributed by atoms with Gasteiger partial charge in [-0.3, -0.25) is 9.59 Å². The molecule has 0 aliphatic heterocycles. The van der Waals surface area contributed by atoms with Gasteiger partial charge in [0.1, 0.15) is 11.7 Å². The highest BCUT2D eigenvalue weighted by Gasteiger charge is 2.29. The number of hydrogen-bond acceptors (Lipinski definition) is 4. The summed E-state index contributed by atoms with van der Waals surface area (Å²) in [6.45, 7) is 5.87. The van der Waals surface area contributed by atoms with Crippen LogP contribution in [0.25, 0.3) is 0 Å². The third-order valence-electron chi connectivity index (χ3n) is 3.09. The molecule has 1 atom stereocenters. The molecule has 0 aliphatic carbocycles. The van der Waals surface area contributed by atoms with Gasteiger partial charge in [0.15, 0.2) is 5.78 Å². The molecule has 0 fully saturated rings. The van der Waals surface area contributed by atoms with Gasteiger partial charge in [-0.25, -0.2) is 0 Å². The number of aryl methyl sites for hydroxylation is 1. The third-order valence-corrected chi connectivity index (χ3v) is 3.09. The Bertz CT molecular complexity index is 479. The molecule has 0 bridgehead atoms. The molecule has 0 N–H and O–H groups in total. The van der Waals surface area contributed by atoms with E-state index in [-0.39, 0.29) is 12.4 Å². The van der Waals surface area contributed by atoms with Crippen LogP contribution in [0.2, 0.25) is 0 Å². The number of benzene rings is 1. The maximum Gasteiger partial charge on any atom is 0.316 e. The molecule has 0 aliphatic rings. The van der Waals surface area contributed by atoms with Gasteiger partial charge in [0, 0.05) is 0 Å². The quantitative estimate of drug-likeness (QED) is 0.437. The Hall–Kier alpha value is -1.84. The number of ketones is 1. The van der Waals surface area contributed by atoms with Gasteiger partial charge in [-0.1, -0.05) is 19.4 Å². The SMILES string of the molecule is CCCC(C(=O)OCC)C(=O)c1ccc(C)cc1OC. The van der Waals surface area contributed by atoms with Crippen LogP contribution in [-0.4, -0.2) is 25.5 Å². The lowest BCUT2D eigenvalue weighted by Gasteiger charge is -2.15. The fourth-order valence-electron chi connectivity index (χ4n) is 2.08. The lowest BCUT2D eigenvalue weighted by Crippen LogP contribution is -2.26. The second kappa shape index (κ2) is 7.68. The van der Waals surface area contributed by atoms with Crippen molar-refractivity contribution in [3.05, 3.63) is 29.3 Å². The molecular formula is C16H22O4. The lowest BCUT2D eigenvalue weighted by molar-refractivity contribution is -0.146. The average Bonchev–Trinajstić information content (AvgIpc) is 2.44. The van der Waals surface area contributed by atoms with Crippen LogP contribution in [0.1, 0.15) is 42.6 Å². The van der Waals surface area contributed by atoms with E-state index in [1.54, 1.807) is 19.1 Å². The Morgan fingerprint density at radius 2 is 1.95 bits per heavy atom. The summed E-state index contributed by atoms with van der Waals surface area (Å²) >= 11 is 0. The first-order valence-electron chi connectivity index (χ1n) is 6.90. The summed E-state index contributed by atoms with van der Waals surface area (Å²) in [6.07, 6.45) is 1.22. The summed E-state index contributed by atoms with van der Waals surface area (Å²) in [5.74, 6) is -0.943. The first-order chi connectivity index (χ1) is 9.54. The molecule has 1 unspecified atom stereocenters. The van der Waals surface area contributed by atoms with Crippen LogP contribution in [0.5, 0.6) is 5.75 Å². The second-order valence-electron chi connectivity index (χ2n) is 4.66. The van der Waals surface area contributed by atoms with E-state index in [0.29, 0.717) is 17.7 Å². The van der Waals surface area contributed by atoms with Gasteiger partial charge in [-0.15, -0.1) is 0 Å². The number of rotatable bonds is 7. The van der Waals surface area contributed by atoms with Crippen LogP contribution in [0.4, 0.5) is 0 Å². The standard InChI is InChI=1S/C16H22O4/c1-5-7-13(16(18)20-6-2)15(17)12-9-8-11(3)10-14(12)19-4/h8-10,13H,5-7H2,1-4H3. The number of hydrogen-bond donors (Lipinski definition) is 0. The molecule has 0 heterocycles. The highest BCUT2D eigenvalue weighted by molar-refractivity contribution is 6.10. The summed E-state index contributed by atoms with van der Waals surface area (Å²) in [6, 6.07) is 5.34. The zero-order valence-corrected chi connectivity index (χ0v) is 12.6. The van der Waals surface area contributed by atoms with Crippen LogP contribution in [0.3, 0.4) is 0 Å². The maximum atomic E-state index is 12.6. The van der Waals surface area contributed by atoms with Gasteiger partial charge >= 0.3 is 5.97 Å². The van der Waals surface area contributed by atoms with Crippen molar-refractivity contribution in [2.45, 2.75) is 33.6 Å². The molecule has 1 aromatic carbocycles. The predicted octanol–water partition coefficient (Wildman–Crippen LogP) is 3.17. The van der Waals surface area contributed by atoms with Crippen molar-refractivity contribution in [1.29, 1.82) is 0 Å². The van der Waals surface area contributed by atoms with Gasteiger partial charge in [-0.2, -0.15) is 0 Å². The first kappa shape index (κ1) is 16.2. The van der Waals surface area contributed by atoms with Crippen molar-refractivity contribution in [2.75, 3.05) is 13.7 Å². The van der Waals surface area contributed by atoms with E-state index in [9.17, 15) is 9.59 Å². The van der Waals surface area contributed by atoms with E-state index in [4.69, 9.17) is 9.47 Å². The number of esters is 1. The third kappa shape index (κ3) is 3.83. The van der Waals surface area contributed by atoms with Crippen LogP contribution in [0, 0.1) is 12.8 Å². The monoisotopic (exact) mass is 278 g/mol. The predicted molar refractivity (Wildman–Crippen MR) is 77.1 cm³/mol. The van der Waals surface area contributed by atoms with E-state index < -0.39 is 11.9 Å². The fourth-order valence-corrected chi connectivity index (χ4v) is 2.08. The molecule has 0 spiro atoms. The minimum atomic E-state index is -0.753. The largest absolute Gasteiger partial charge is 0.496 e. The molecule has 4 nitrogen and oxygen atoms in total. The molecule has 20 heavy (non-hydrogen) atoms. The first-order valence-corrected chi connectivity index (χ1v) is 6.90. The molecule has 4 heteroatoms. The minimum Gasteiger partial charge on any atom is -0.496 e. The van der Waals surface area contributed by atoms with Gasteiger partial charge in [0.05, 0.1) is 19.3 Å². The molecule has 0 saturated carbocycles. The number of Topliss-reactive ketones (excluding diaryl/α,β-unsaturated/α-hetero) is 1. The summed E-state index contributed by atoms with van der Waals surface area (Å²) in [5.41, 5.74) is 1.44. The molecule has 1 rings (SSSR count). The number of ether oxygens (including phenoxy) is 2. The van der Waals surface area contributed by atoms with Gasteiger partial charge in [0.25, 0.3) is 0 Å². The highest BCUT2D eigenvalue weighted by Crippen LogP contribution is 2.25. The van der Waals surface area contributed by atoms with Crippen LogP contribution >= 0.6 is 0 Å². The van der Waals surface area contributed by atoms with E-state index >= 15 is 0 Å². The molecule has 1 aromatic rings. The van der Waals surface area contributed by atoms with Crippen molar-refractivity contribution in [2.24, 2.45) is 5.92 Å². The Labute approximate surface area is 120 Å². The van der Waals surface area contributed by atoms with Crippen molar-refractivity contribution in [3.63, 3.8) is 0 Å². The zero-order chi connectivity index (χ0) is 15.1. The van der Waals surface area contributed by atoms with Crippen molar-refractivity contribution >= 4 is 11.8 Å². The van der Waals surface area contributed by atoms with Crippen LogP contribution in [0.15, 0.2) is 18.2 Å². The zero-order valence-electron chi connectivity index (χ0n) is 12.6. The molecule has 0 amide bonds. The smallest absolute Gasteiger partial charge is 0.316 e. The van der Waals surface area contributed by atoms with E-state index in [0.717, 1.165) is 12.0 Å². The van der Waals surface area contributed by atoms with E-state index in [1.165, 1.54) is 7.11 Å². The van der Waals surface area contributed by atoms with Gasteiger partial charge in [-0.05, 0) is 38.0 Å². The Balaban J connectivity index is 3.08. The Kier molecular flexibility index (Phi) is 6.22. The number of methoxy groups -OCH3 is 1. The molecular weight excluding hydrogens is 256 g/mol. The highest BCUT2D eigenvalue weighted by atomic mass is 16.5. The average molecular weight is 278 g/mol. The summed E-state index contributed by atoms with van der Waals surface area (Å²) in [4.78, 5) is 24.5. The fraction of sp³-hybridized carbons (Fsp3) is 0.500. The molecule has 110 valence electrons. The topological polar surface area (TPSA) is 52.6 Å². The molecule has 0 aromatic heterocycles. The van der Waals surface area contributed by atoms with Crippen LogP contribution in [-0.2, 0) is 9.53 Å². The molecule has 0 radical (unpaired) electrons. The maximum absolute atomic E-state index is 12.6. The minimum absolute atomic E-state index is 0.234. The Morgan fingerprint density at radius 3 is 2.50 bits per heavy atom. The van der Waals surface area contributed by atoms with E-state index in [2.05, 4.69) is 0 Å². The Morgan fingerprint density at radius 1 is 1.25 bits per heavy atom. The van der Waals surface area contributed by atoms with Crippen molar-refractivity contribution < 1.29 is 19.1 Å². The molecule has 0 saturated heterocycles.